The number of amides is 1. The molecule has 6 nitrogen and oxygen atoms in total. The van der Waals surface area contributed by atoms with Gasteiger partial charge in [-0.2, -0.15) is 0 Å². The SMILES string of the molecule is CCOc1cc2c(cc1OCC)CN(CCCCCCCC(=O)NOCc1ccccc1)CC2. The molecule has 0 radical (unpaired) electrons. The molecule has 3 rings (SSSR count). The molecule has 0 fully saturated rings. The van der Waals surface area contributed by atoms with Crippen LogP contribution in [-0.2, 0) is 29.2 Å². The topological polar surface area (TPSA) is 60.0 Å². The van der Waals surface area contributed by atoms with Gasteiger partial charge < -0.3 is 9.47 Å². The van der Waals surface area contributed by atoms with Crippen LogP contribution in [0.25, 0.3) is 0 Å². The molecule has 186 valence electrons. The van der Waals surface area contributed by atoms with E-state index < -0.39 is 0 Å². The van der Waals surface area contributed by atoms with Gasteiger partial charge in [-0.15, -0.1) is 0 Å². The van der Waals surface area contributed by atoms with Crippen molar-refractivity contribution in [1.29, 1.82) is 0 Å². The summed E-state index contributed by atoms with van der Waals surface area (Å²) in [5.74, 6) is 1.69. The molecule has 0 aliphatic carbocycles. The lowest BCUT2D eigenvalue weighted by Crippen LogP contribution is -2.31. The van der Waals surface area contributed by atoms with Gasteiger partial charge in [0.05, 0.1) is 19.8 Å². The van der Waals surface area contributed by atoms with Gasteiger partial charge in [0.2, 0.25) is 5.91 Å². The Labute approximate surface area is 204 Å². The first-order valence-corrected chi connectivity index (χ1v) is 12.8. The third kappa shape index (κ3) is 8.65. The molecule has 6 heteroatoms. The number of nitrogens with one attached hydrogen (secondary N) is 1. The molecule has 1 aliphatic heterocycles. The Kier molecular flexibility index (Phi) is 11.2. The van der Waals surface area contributed by atoms with Crippen molar-refractivity contribution in [2.45, 2.75) is 71.9 Å². The Morgan fingerprint density at radius 1 is 0.912 bits per heavy atom. The van der Waals surface area contributed by atoms with Gasteiger partial charge in [0.1, 0.15) is 0 Å². The fourth-order valence-electron chi connectivity index (χ4n) is 4.33. The molecule has 0 atom stereocenters. The van der Waals surface area contributed by atoms with Crippen LogP contribution in [-0.4, -0.2) is 37.1 Å². The van der Waals surface area contributed by atoms with Crippen molar-refractivity contribution < 1.29 is 19.1 Å². The fraction of sp³-hybridized carbons (Fsp3) is 0.536. The molecule has 0 saturated heterocycles. The molecule has 0 saturated carbocycles. The molecule has 0 spiro atoms. The second-order valence-electron chi connectivity index (χ2n) is 8.78. The van der Waals surface area contributed by atoms with Crippen molar-refractivity contribution in [2.24, 2.45) is 0 Å². The van der Waals surface area contributed by atoms with E-state index >= 15 is 0 Å². The van der Waals surface area contributed by atoms with Gasteiger partial charge in [-0.05, 0) is 68.5 Å². The van der Waals surface area contributed by atoms with E-state index in [1.165, 1.54) is 24.0 Å². The first kappa shape index (κ1) is 26.0. The van der Waals surface area contributed by atoms with Gasteiger partial charge in [-0.1, -0.05) is 49.6 Å². The summed E-state index contributed by atoms with van der Waals surface area (Å²) in [7, 11) is 0. The molecule has 34 heavy (non-hydrogen) atoms. The predicted molar refractivity (Wildman–Crippen MR) is 135 cm³/mol. The molecule has 1 heterocycles. The third-order valence-corrected chi connectivity index (χ3v) is 6.10. The molecule has 0 bridgehead atoms. The summed E-state index contributed by atoms with van der Waals surface area (Å²) in [5.41, 5.74) is 6.33. The number of benzene rings is 2. The van der Waals surface area contributed by atoms with Crippen molar-refractivity contribution >= 4 is 5.91 Å². The monoisotopic (exact) mass is 468 g/mol. The average Bonchev–Trinajstić information content (AvgIpc) is 2.85. The van der Waals surface area contributed by atoms with E-state index in [0.717, 1.165) is 62.4 Å². The molecule has 2 aromatic rings. The molecule has 2 aromatic carbocycles. The zero-order valence-corrected chi connectivity index (χ0v) is 20.8. The first-order chi connectivity index (χ1) is 16.7. The second-order valence-corrected chi connectivity index (χ2v) is 8.78. The van der Waals surface area contributed by atoms with E-state index in [4.69, 9.17) is 14.3 Å². The van der Waals surface area contributed by atoms with Crippen LogP contribution in [0.3, 0.4) is 0 Å². The van der Waals surface area contributed by atoms with Crippen molar-refractivity contribution in [3.63, 3.8) is 0 Å². The highest BCUT2D eigenvalue weighted by Gasteiger charge is 2.19. The van der Waals surface area contributed by atoms with Crippen LogP contribution < -0.4 is 15.0 Å². The summed E-state index contributed by atoms with van der Waals surface area (Å²) < 4.78 is 11.6. The lowest BCUT2D eigenvalue weighted by Gasteiger charge is -2.29. The van der Waals surface area contributed by atoms with E-state index in [1.54, 1.807) is 0 Å². The lowest BCUT2D eigenvalue weighted by molar-refractivity contribution is -0.134. The van der Waals surface area contributed by atoms with E-state index in [1.807, 2.05) is 44.2 Å². The minimum Gasteiger partial charge on any atom is -0.490 e. The number of ether oxygens (including phenoxy) is 2. The molecule has 1 amide bonds. The highest BCUT2D eigenvalue weighted by Crippen LogP contribution is 2.34. The number of hydroxylamine groups is 1. The lowest BCUT2D eigenvalue weighted by atomic mass is 9.98. The van der Waals surface area contributed by atoms with Gasteiger partial charge in [0, 0.05) is 19.5 Å². The minimum absolute atomic E-state index is 0.0400. The molecule has 1 aliphatic rings. The number of rotatable bonds is 15. The van der Waals surface area contributed by atoms with Crippen LogP contribution in [0.2, 0.25) is 0 Å². The second kappa shape index (κ2) is 14.6. The molecule has 0 unspecified atom stereocenters. The smallest absolute Gasteiger partial charge is 0.243 e. The maximum atomic E-state index is 11.9. The number of unbranched alkanes of at least 4 members (excludes halogenated alkanes) is 4. The van der Waals surface area contributed by atoms with E-state index in [-0.39, 0.29) is 5.91 Å². The first-order valence-electron chi connectivity index (χ1n) is 12.8. The van der Waals surface area contributed by atoms with Crippen molar-refractivity contribution in [3.05, 3.63) is 59.2 Å². The van der Waals surface area contributed by atoms with Crippen LogP contribution in [0.15, 0.2) is 42.5 Å². The van der Waals surface area contributed by atoms with E-state index in [2.05, 4.69) is 22.5 Å². The number of carbonyl (C=O) groups excluding carboxylic acids is 1. The number of nitrogens with zero attached hydrogens (tertiary/aromatic N) is 1. The van der Waals surface area contributed by atoms with Gasteiger partial charge in [-0.25, -0.2) is 5.48 Å². The third-order valence-electron chi connectivity index (χ3n) is 6.10. The largest absolute Gasteiger partial charge is 0.490 e. The van der Waals surface area contributed by atoms with Crippen molar-refractivity contribution in [1.82, 2.24) is 10.4 Å². The van der Waals surface area contributed by atoms with Crippen molar-refractivity contribution in [2.75, 3.05) is 26.3 Å². The summed E-state index contributed by atoms with van der Waals surface area (Å²) in [6.45, 7) is 8.89. The van der Waals surface area contributed by atoms with Gasteiger partial charge >= 0.3 is 0 Å². The maximum Gasteiger partial charge on any atom is 0.243 e. The standard InChI is InChI=1S/C28H40N2O4/c1-3-32-26-19-24-16-18-30(21-25(24)20-27(26)33-4-2)17-12-7-5-6-11-15-28(31)29-34-22-23-13-9-8-10-14-23/h8-10,13-14,19-20H,3-7,11-12,15-18,21-22H2,1-2H3,(H,29,31). The minimum atomic E-state index is -0.0400. The average molecular weight is 469 g/mol. The zero-order valence-electron chi connectivity index (χ0n) is 20.8. The van der Waals surface area contributed by atoms with Crippen molar-refractivity contribution in [3.8, 4) is 11.5 Å². The Balaban J connectivity index is 1.26. The summed E-state index contributed by atoms with van der Waals surface area (Å²) in [6.07, 6.45) is 7.11. The highest BCUT2D eigenvalue weighted by atomic mass is 16.6. The van der Waals surface area contributed by atoms with Crippen LogP contribution >= 0.6 is 0 Å². The number of carbonyl (C=O) groups is 1. The summed E-state index contributed by atoms with van der Waals surface area (Å²) in [6, 6.07) is 14.2. The van der Waals surface area contributed by atoms with Crippen LogP contribution in [0, 0.1) is 0 Å². The number of fused-ring (bicyclic) bond motifs is 1. The maximum absolute atomic E-state index is 11.9. The Bertz CT molecular complexity index is 872. The van der Waals surface area contributed by atoms with Crippen LogP contribution in [0.4, 0.5) is 0 Å². The highest BCUT2D eigenvalue weighted by molar-refractivity contribution is 5.74. The van der Waals surface area contributed by atoms with E-state index in [0.29, 0.717) is 26.2 Å². The molecule has 1 N–H and O–H groups in total. The van der Waals surface area contributed by atoms with Crippen LogP contribution in [0.1, 0.15) is 69.1 Å². The van der Waals surface area contributed by atoms with Crippen LogP contribution in [0.5, 0.6) is 11.5 Å². The normalized spacial score (nSPS) is 13.4. The Hall–Kier alpha value is -2.57. The molecule has 0 aromatic heterocycles. The molecular formula is C28H40N2O4. The van der Waals surface area contributed by atoms with Gasteiger partial charge in [-0.3, -0.25) is 14.5 Å². The van der Waals surface area contributed by atoms with Gasteiger partial charge in [0.25, 0.3) is 0 Å². The quantitative estimate of drug-likeness (QED) is 0.279. The molecular weight excluding hydrogens is 428 g/mol. The summed E-state index contributed by atoms with van der Waals surface area (Å²) in [5, 5.41) is 0. The van der Waals surface area contributed by atoms with Gasteiger partial charge in [0.15, 0.2) is 11.5 Å². The van der Waals surface area contributed by atoms with E-state index in [9.17, 15) is 4.79 Å². The predicted octanol–water partition coefficient (Wildman–Crippen LogP) is 5.43. The number of hydrogen-bond acceptors (Lipinski definition) is 5. The summed E-state index contributed by atoms with van der Waals surface area (Å²) in [4.78, 5) is 19.7. The Morgan fingerprint density at radius 3 is 2.32 bits per heavy atom. The summed E-state index contributed by atoms with van der Waals surface area (Å²) >= 11 is 0. The Morgan fingerprint density at radius 2 is 1.59 bits per heavy atom. The number of hydrogen-bond donors (Lipinski definition) is 1. The zero-order chi connectivity index (χ0) is 24.0. The fourth-order valence-corrected chi connectivity index (χ4v) is 4.33.